The fourth-order valence-electron chi connectivity index (χ4n) is 2.02. The van der Waals surface area contributed by atoms with Gasteiger partial charge in [-0.1, -0.05) is 20.3 Å². The summed E-state index contributed by atoms with van der Waals surface area (Å²) in [5.41, 5.74) is 0. The lowest BCUT2D eigenvalue weighted by atomic mass is 9.93. The van der Waals surface area contributed by atoms with Gasteiger partial charge in [0.2, 0.25) is 0 Å². The van der Waals surface area contributed by atoms with Crippen molar-refractivity contribution in [3.8, 4) is 0 Å². The standard InChI is InChI=1S/C9H16F2O/c1-6(2)7-4-3-5-8(7)12-9(10)11/h6-9H,3-5H2,1-2H3/t7-,8-/m0/s1. The van der Waals surface area contributed by atoms with E-state index >= 15 is 0 Å². The highest BCUT2D eigenvalue weighted by Crippen LogP contribution is 2.34. The topological polar surface area (TPSA) is 9.23 Å². The molecule has 1 nitrogen and oxygen atoms in total. The molecule has 0 N–H and O–H groups in total. The lowest BCUT2D eigenvalue weighted by Crippen LogP contribution is -2.24. The van der Waals surface area contributed by atoms with Crippen LogP contribution in [0.25, 0.3) is 0 Å². The van der Waals surface area contributed by atoms with Gasteiger partial charge in [0.15, 0.2) is 0 Å². The summed E-state index contributed by atoms with van der Waals surface area (Å²) in [6.45, 7) is 1.53. The Morgan fingerprint density at radius 2 is 1.92 bits per heavy atom. The average Bonchev–Trinajstić information content (AvgIpc) is 2.33. The van der Waals surface area contributed by atoms with E-state index in [1.807, 2.05) is 0 Å². The summed E-state index contributed by atoms with van der Waals surface area (Å²) >= 11 is 0. The van der Waals surface area contributed by atoms with Crippen molar-refractivity contribution >= 4 is 0 Å². The monoisotopic (exact) mass is 178 g/mol. The predicted molar refractivity (Wildman–Crippen MR) is 43.1 cm³/mol. The van der Waals surface area contributed by atoms with Crippen LogP contribution in [0.2, 0.25) is 0 Å². The van der Waals surface area contributed by atoms with Crippen LogP contribution in [0.1, 0.15) is 33.1 Å². The second-order valence-electron chi connectivity index (χ2n) is 3.77. The Balaban J connectivity index is 2.41. The number of ether oxygens (including phenoxy) is 1. The van der Waals surface area contributed by atoms with E-state index in [-0.39, 0.29) is 6.10 Å². The molecular formula is C9H16F2O. The lowest BCUT2D eigenvalue weighted by Gasteiger charge is -2.22. The van der Waals surface area contributed by atoms with E-state index in [0.717, 1.165) is 19.3 Å². The van der Waals surface area contributed by atoms with Crippen LogP contribution in [0.4, 0.5) is 8.78 Å². The molecule has 0 unspecified atom stereocenters. The maximum atomic E-state index is 11.9. The quantitative estimate of drug-likeness (QED) is 0.645. The van der Waals surface area contributed by atoms with Gasteiger partial charge in [0.1, 0.15) is 0 Å². The third-order valence-corrected chi connectivity index (χ3v) is 2.64. The first-order valence-corrected chi connectivity index (χ1v) is 4.55. The van der Waals surface area contributed by atoms with Crippen LogP contribution >= 0.6 is 0 Å². The maximum absolute atomic E-state index is 11.9. The van der Waals surface area contributed by atoms with E-state index in [1.165, 1.54) is 0 Å². The number of rotatable bonds is 3. The number of alkyl halides is 2. The van der Waals surface area contributed by atoms with Crippen molar-refractivity contribution in [1.82, 2.24) is 0 Å². The molecule has 3 heteroatoms. The van der Waals surface area contributed by atoms with Crippen molar-refractivity contribution in [3.63, 3.8) is 0 Å². The molecule has 2 atom stereocenters. The molecule has 1 aliphatic carbocycles. The molecule has 0 aliphatic heterocycles. The summed E-state index contributed by atoms with van der Waals surface area (Å²) in [5.74, 6) is 0.787. The van der Waals surface area contributed by atoms with Crippen LogP contribution in [0.3, 0.4) is 0 Å². The molecule has 0 aromatic carbocycles. The van der Waals surface area contributed by atoms with Crippen LogP contribution in [-0.2, 0) is 4.74 Å². The summed E-state index contributed by atoms with van der Waals surface area (Å²) in [6, 6.07) is 0. The third kappa shape index (κ3) is 2.41. The van der Waals surface area contributed by atoms with Gasteiger partial charge in [-0.3, -0.25) is 0 Å². The Morgan fingerprint density at radius 1 is 1.25 bits per heavy atom. The lowest BCUT2D eigenvalue weighted by molar-refractivity contribution is -0.174. The van der Waals surface area contributed by atoms with Crippen molar-refractivity contribution in [2.75, 3.05) is 0 Å². The van der Waals surface area contributed by atoms with Crippen LogP contribution in [0, 0.1) is 11.8 Å². The molecule has 0 heterocycles. The predicted octanol–water partition coefficient (Wildman–Crippen LogP) is 3.05. The summed E-state index contributed by atoms with van der Waals surface area (Å²) in [6.07, 6.45) is 2.66. The van der Waals surface area contributed by atoms with Gasteiger partial charge in [-0.25, -0.2) is 0 Å². The Bertz CT molecular complexity index is 136. The summed E-state index contributed by atoms with van der Waals surface area (Å²) < 4.78 is 28.4. The van der Waals surface area contributed by atoms with Crippen molar-refractivity contribution in [2.45, 2.75) is 45.8 Å². The fraction of sp³-hybridized carbons (Fsp3) is 1.00. The first-order valence-electron chi connectivity index (χ1n) is 4.55. The van der Waals surface area contributed by atoms with Gasteiger partial charge < -0.3 is 4.74 Å². The first-order chi connectivity index (χ1) is 5.61. The molecule has 0 aromatic rings. The Hall–Kier alpha value is -0.180. The molecule has 0 spiro atoms. The second-order valence-corrected chi connectivity index (χ2v) is 3.77. The largest absolute Gasteiger partial charge is 0.345 e. The molecule has 1 rings (SSSR count). The molecular weight excluding hydrogens is 162 g/mol. The second kappa shape index (κ2) is 4.17. The maximum Gasteiger partial charge on any atom is 0.345 e. The van der Waals surface area contributed by atoms with E-state index in [2.05, 4.69) is 18.6 Å². The highest BCUT2D eigenvalue weighted by Gasteiger charge is 2.32. The number of hydrogen-bond acceptors (Lipinski definition) is 1. The van der Waals surface area contributed by atoms with Gasteiger partial charge in [0.25, 0.3) is 0 Å². The van der Waals surface area contributed by atoms with Crippen LogP contribution in [0.15, 0.2) is 0 Å². The average molecular weight is 178 g/mol. The van der Waals surface area contributed by atoms with E-state index in [1.54, 1.807) is 0 Å². The smallest absolute Gasteiger partial charge is 0.319 e. The fourth-order valence-corrected chi connectivity index (χ4v) is 2.02. The molecule has 1 aliphatic rings. The molecule has 72 valence electrons. The SMILES string of the molecule is CC(C)[C@@H]1CCC[C@@H]1OC(F)F. The molecule has 0 saturated heterocycles. The number of hydrogen-bond donors (Lipinski definition) is 0. The molecule has 1 saturated carbocycles. The first kappa shape index (κ1) is 9.90. The molecule has 12 heavy (non-hydrogen) atoms. The van der Waals surface area contributed by atoms with Gasteiger partial charge in [-0.2, -0.15) is 8.78 Å². The zero-order valence-corrected chi connectivity index (χ0v) is 7.59. The molecule has 0 amide bonds. The van der Waals surface area contributed by atoms with Gasteiger partial charge in [0, 0.05) is 0 Å². The molecule has 0 bridgehead atoms. The number of halogens is 2. The Labute approximate surface area is 72.1 Å². The molecule has 1 fully saturated rings. The van der Waals surface area contributed by atoms with Gasteiger partial charge in [-0.05, 0) is 24.7 Å². The van der Waals surface area contributed by atoms with E-state index < -0.39 is 6.61 Å². The van der Waals surface area contributed by atoms with Crippen molar-refractivity contribution in [1.29, 1.82) is 0 Å². The van der Waals surface area contributed by atoms with Crippen molar-refractivity contribution in [2.24, 2.45) is 11.8 Å². The minimum atomic E-state index is -2.60. The Morgan fingerprint density at radius 3 is 2.42 bits per heavy atom. The molecule has 0 radical (unpaired) electrons. The summed E-state index contributed by atoms with van der Waals surface area (Å²) in [7, 11) is 0. The van der Waals surface area contributed by atoms with Crippen LogP contribution in [0.5, 0.6) is 0 Å². The summed E-state index contributed by atoms with van der Waals surface area (Å²) in [5, 5.41) is 0. The van der Waals surface area contributed by atoms with E-state index in [4.69, 9.17) is 0 Å². The summed E-state index contributed by atoms with van der Waals surface area (Å²) in [4.78, 5) is 0. The van der Waals surface area contributed by atoms with E-state index in [0.29, 0.717) is 11.8 Å². The highest BCUT2D eigenvalue weighted by atomic mass is 19.3. The zero-order valence-electron chi connectivity index (χ0n) is 7.59. The third-order valence-electron chi connectivity index (χ3n) is 2.64. The molecule has 0 aromatic heterocycles. The van der Waals surface area contributed by atoms with Crippen LogP contribution < -0.4 is 0 Å². The minimum absolute atomic E-state index is 0.204. The van der Waals surface area contributed by atoms with E-state index in [9.17, 15) is 8.78 Å². The zero-order chi connectivity index (χ0) is 9.14. The van der Waals surface area contributed by atoms with Gasteiger partial charge >= 0.3 is 6.61 Å². The minimum Gasteiger partial charge on any atom is -0.319 e. The van der Waals surface area contributed by atoms with Crippen molar-refractivity contribution in [3.05, 3.63) is 0 Å². The van der Waals surface area contributed by atoms with Gasteiger partial charge in [-0.15, -0.1) is 0 Å². The van der Waals surface area contributed by atoms with Crippen molar-refractivity contribution < 1.29 is 13.5 Å². The van der Waals surface area contributed by atoms with Gasteiger partial charge in [0.05, 0.1) is 6.10 Å². The normalized spacial score (nSPS) is 30.5. The Kier molecular flexibility index (Phi) is 3.44. The highest BCUT2D eigenvalue weighted by molar-refractivity contribution is 4.80. The van der Waals surface area contributed by atoms with Crippen LogP contribution in [-0.4, -0.2) is 12.7 Å².